The average Bonchev–Trinajstić information content (AvgIpc) is 2.35. The number of benzene rings is 1. The van der Waals surface area contributed by atoms with Crippen LogP contribution in [-0.4, -0.2) is 4.98 Å². The van der Waals surface area contributed by atoms with E-state index in [1.54, 1.807) is 12.1 Å². The van der Waals surface area contributed by atoms with Crippen molar-refractivity contribution in [3.63, 3.8) is 0 Å². The summed E-state index contributed by atoms with van der Waals surface area (Å²) in [5.41, 5.74) is 7.35. The van der Waals surface area contributed by atoms with Crippen molar-refractivity contribution in [2.45, 2.75) is 13.5 Å². The molecule has 0 spiro atoms. The maximum Gasteiger partial charge on any atom is 0.219 e. The Labute approximate surface area is 126 Å². The van der Waals surface area contributed by atoms with Gasteiger partial charge in [-0.15, -0.1) is 0 Å². The van der Waals surface area contributed by atoms with Crippen LogP contribution in [0.5, 0.6) is 11.6 Å². The number of halogens is 3. The van der Waals surface area contributed by atoms with E-state index in [-0.39, 0.29) is 0 Å². The lowest BCUT2D eigenvalue weighted by atomic mass is 10.2. The van der Waals surface area contributed by atoms with Crippen LogP contribution in [0.15, 0.2) is 24.3 Å². The molecule has 2 N–H and O–H groups in total. The van der Waals surface area contributed by atoms with Crippen molar-refractivity contribution in [2.75, 3.05) is 0 Å². The second-order valence-electron chi connectivity index (χ2n) is 3.96. The van der Waals surface area contributed by atoms with Gasteiger partial charge < -0.3 is 10.5 Å². The third-order valence-electron chi connectivity index (χ3n) is 2.41. The summed E-state index contributed by atoms with van der Waals surface area (Å²) in [7, 11) is 0. The molecule has 0 bridgehead atoms. The van der Waals surface area contributed by atoms with Gasteiger partial charge in [-0.1, -0.05) is 34.8 Å². The number of aryl methyl sites for hydroxylation is 1. The van der Waals surface area contributed by atoms with Gasteiger partial charge in [0.2, 0.25) is 5.88 Å². The monoisotopic (exact) mass is 316 g/mol. The quantitative estimate of drug-likeness (QED) is 0.842. The van der Waals surface area contributed by atoms with E-state index >= 15 is 0 Å². The predicted octanol–water partition coefficient (Wildman–Crippen LogP) is 4.60. The van der Waals surface area contributed by atoms with E-state index in [0.29, 0.717) is 33.2 Å². The Kier molecular flexibility index (Phi) is 4.53. The Balaban J connectivity index is 2.36. The molecule has 6 heteroatoms. The van der Waals surface area contributed by atoms with E-state index < -0.39 is 0 Å². The van der Waals surface area contributed by atoms with Crippen LogP contribution in [0, 0.1) is 6.92 Å². The normalized spacial score (nSPS) is 10.6. The number of pyridine rings is 1. The fourth-order valence-corrected chi connectivity index (χ4v) is 2.15. The molecule has 0 aliphatic rings. The lowest BCUT2D eigenvalue weighted by Crippen LogP contribution is -1.99. The zero-order valence-corrected chi connectivity index (χ0v) is 12.4. The number of ether oxygens (including phenoxy) is 1. The van der Waals surface area contributed by atoms with E-state index in [9.17, 15) is 0 Å². The zero-order valence-electron chi connectivity index (χ0n) is 10.1. The van der Waals surface area contributed by atoms with Gasteiger partial charge in [0.15, 0.2) is 0 Å². The Morgan fingerprint density at radius 1 is 1.05 bits per heavy atom. The maximum atomic E-state index is 6.04. The van der Waals surface area contributed by atoms with Crippen LogP contribution in [0.4, 0.5) is 0 Å². The second-order valence-corrected chi connectivity index (χ2v) is 5.18. The van der Waals surface area contributed by atoms with E-state index in [1.165, 1.54) is 6.07 Å². The van der Waals surface area contributed by atoms with E-state index in [0.717, 1.165) is 11.3 Å². The summed E-state index contributed by atoms with van der Waals surface area (Å²) in [6.07, 6.45) is 0. The van der Waals surface area contributed by atoms with Crippen molar-refractivity contribution in [3.8, 4) is 11.6 Å². The summed E-state index contributed by atoms with van der Waals surface area (Å²) in [5, 5.41) is 1.11. The standard InChI is InChI=1S/C13H11Cl3N2O/c1-7-2-8(6-17)3-13(18-7)19-12-5-10(15)9(14)4-11(12)16/h2-5H,6,17H2,1H3. The van der Waals surface area contributed by atoms with Gasteiger partial charge in [-0.2, -0.15) is 0 Å². The number of rotatable bonds is 3. The first-order chi connectivity index (χ1) is 8.99. The molecule has 0 amide bonds. The minimum absolute atomic E-state index is 0.368. The molecule has 1 aromatic heterocycles. The molecular weight excluding hydrogens is 307 g/mol. The summed E-state index contributed by atoms with van der Waals surface area (Å²) in [6, 6.07) is 6.73. The van der Waals surface area contributed by atoms with Crippen molar-refractivity contribution in [1.82, 2.24) is 4.98 Å². The Hall–Kier alpha value is -1.000. The third-order valence-corrected chi connectivity index (χ3v) is 3.43. The average molecular weight is 318 g/mol. The van der Waals surface area contributed by atoms with E-state index in [2.05, 4.69) is 4.98 Å². The molecule has 3 nitrogen and oxygen atoms in total. The SMILES string of the molecule is Cc1cc(CN)cc(Oc2cc(Cl)c(Cl)cc2Cl)n1. The lowest BCUT2D eigenvalue weighted by molar-refractivity contribution is 0.461. The lowest BCUT2D eigenvalue weighted by Gasteiger charge is -2.10. The number of aromatic nitrogens is 1. The van der Waals surface area contributed by atoms with Crippen LogP contribution < -0.4 is 10.5 Å². The summed E-state index contributed by atoms with van der Waals surface area (Å²) in [4.78, 5) is 4.26. The highest BCUT2D eigenvalue weighted by Gasteiger charge is 2.09. The first-order valence-corrected chi connectivity index (χ1v) is 6.63. The van der Waals surface area contributed by atoms with Gasteiger partial charge in [0, 0.05) is 24.4 Å². The topological polar surface area (TPSA) is 48.1 Å². The molecule has 2 rings (SSSR count). The fraction of sp³-hybridized carbons (Fsp3) is 0.154. The van der Waals surface area contributed by atoms with Crippen molar-refractivity contribution >= 4 is 34.8 Å². The van der Waals surface area contributed by atoms with E-state index in [1.807, 2.05) is 13.0 Å². The minimum Gasteiger partial charge on any atom is -0.437 e. The van der Waals surface area contributed by atoms with Crippen LogP contribution in [-0.2, 0) is 6.54 Å². The Morgan fingerprint density at radius 2 is 1.74 bits per heavy atom. The highest BCUT2D eigenvalue weighted by Crippen LogP contribution is 2.36. The molecule has 2 aromatic rings. The number of nitrogens with two attached hydrogens (primary N) is 1. The van der Waals surface area contributed by atoms with E-state index in [4.69, 9.17) is 45.3 Å². The van der Waals surface area contributed by atoms with Crippen LogP contribution >= 0.6 is 34.8 Å². The van der Waals surface area contributed by atoms with Crippen molar-refractivity contribution in [3.05, 3.63) is 50.6 Å². The summed E-state index contributed by atoms with van der Waals surface area (Å²) in [5.74, 6) is 0.817. The van der Waals surface area contributed by atoms with Crippen molar-refractivity contribution in [2.24, 2.45) is 5.73 Å². The summed E-state index contributed by atoms with van der Waals surface area (Å²) in [6.45, 7) is 2.28. The molecular formula is C13H11Cl3N2O. The molecule has 0 saturated heterocycles. The first-order valence-electron chi connectivity index (χ1n) is 5.49. The molecule has 0 unspecified atom stereocenters. The maximum absolute atomic E-state index is 6.04. The third kappa shape index (κ3) is 3.51. The first kappa shape index (κ1) is 14.4. The molecule has 0 aliphatic heterocycles. The largest absolute Gasteiger partial charge is 0.437 e. The Bertz CT molecular complexity index is 617. The molecule has 0 saturated carbocycles. The fourth-order valence-electron chi connectivity index (χ4n) is 1.57. The van der Waals surface area contributed by atoms with Crippen LogP contribution in [0.3, 0.4) is 0 Å². The predicted molar refractivity (Wildman–Crippen MR) is 78.4 cm³/mol. The van der Waals surface area contributed by atoms with Gasteiger partial charge in [-0.05, 0) is 24.6 Å². The molecule has 0 fully saturated rings. The van der Waals surface area contributed by atoms with Gasteiger partial charge in [0.1, 0.15) is 5.75 Å². The molecule has 1 heterocycles. The van der Waals surface area contributed by atoms with Crippen LogP contribution in [0.2, 0.25) is 15.1 Å². The molecule has 19 heavy (non-hydrogen) atoms. The highest BCUT2D eigenvalue weighted by atomic mass is 35.5. The molecule has 0 aliphatic carbocycles. The summed E-state index contributed by atoms with van der Waals surface area (Å²) >= 11 is 17.8. The van der Waals surface area contributed by atoms with Gasteiger partial charge in [0.05, 0.1) is 15.1 Å². The molecule has 0 atom stereocenters. The zero-order chi connectivity index (χ0) is 14.0. The van der Waals surface area contributed by atoms with Crippen LogP contribution in [0.25, 0.3) is 0 Å². The number of hydrogen-bond acceptors (Lipinski definition) is 3. The Morgan fingerprint density at radius 3 is 2.42 bits per heavy atom. The van der Waals surface area contributed by atoms with Crippen molar-refractivity contribution in [1.29, 1.82) is 0 Å². The van der Waals surface area contributed by atoms with Crippen LogP contribution in [0.1, 0.15) is 11.3 Å². The van der Waals surface area contributed by atoms with Gasteiger partial charge in [0.25, 0.3) is 0 Å². The molecule has 1 aromatic carbocycles. The smallest absolute Gasteiger partial charge is 0.219 e. The number of nitrogens with zero attached hydrogens (tertiary/aromatic N) is 1. The number of hydrogen-bond donors (Lipinski definition) is 1. The highest BCUT2D eigenvalue weighted by molar-refractivity contribution is 6.43. The van der Waals surface area contributed by atoms with Gasteiger partial charge in [-0.3, -0.25) is 0 Å². The van der Waals surface area contributed by atoms with Gasteiger partial charge >= 0.3 is 0 Å². The second kappa shape index (κ2) is 5.97. The summed E-state index contributed by atoms with van der Waals surface area (Å²) < 4.78 is 5.63. The molecule has 0 radical (unpaired) electrons. The molecule has 100 valence electrons. The van der Waals surface area contributed by atoms with Gasteiger partial charge in [-0.25, -0.2) is 4.98 Å². The van der Waals surface area contributed by atoms with Crippen molar-refractivity contribution < 1.29 is 4.74 Å². The minimum atomic E-state index is 0.368.